The van der Waals surface area contributed by atoms with E-state index in [4.69, 9.17) is 9.15 Å². The maximum Gasteiger partial charge on any atom is 0.233 e. The van der Waals surface area contributed by atoms with Crippen molar-refractivity contribution in [2.24, 2.45) is 17.8 Å². The second-order valence-corrected chi connectivity index (χ2v) is 9.30. The number of allylic oxidation sites excluding steroid dienone is 2. The highest BCUT2D eigenvalue weighted by atomic mass is 16.5. The minimum absolute atomic E-state index is 0.0143. The number of aromatic nitrogens is 1. The molecular formula is C27H30N2O5. The summed E-state index contributed by atoms with van der Waals surface area (Å²) in [4.78, 5) is 31.4. The average Bonchev–Trinajstić information content (AvgIpc) is 3.56. The van der Waals surface area contributed by atoms with Crippen LogP contribution in [0.3, 0.4) is 0 Å². The van der Waals surface area contributed by atoms with Gasteiger partial charge in [0, 0.05) is 19.2 Å². The Hall–Kier alpha value is -3.03. The van der Waals surface area contributed by atoms with Gasteiger partial charge in [0.1, 0.15) is 18.1 Å². The van der Waals surface area contributed by atoms with Crippen LogP contribution in [0.4, 0.5) is 0 Å². The lowest BCUT2D eigenvalue weighted by Gasteiger charge is -2.31. The van der Waals surface area contributed by atoms with Crippen LogP contribution in [-0.2, 0) is 20.9 Å². The van der Waals surface area contributed by atoms with Crippen molar-refractivity contribution in [3.05, 3.63) is 64.9 Å². The third-order valence-electron chi connectivity index (χ3n) is 7.48. The Labute approximate surface area is 199 Å². The molecule has 2 aliphatic heterocycles. The Morgan fingerprint density at radius 1 is 1.21 bits per heavy atom. The van der Waals surface area contributed by atoms with Gasteiger partial charge in [0.25, 0.3) is 0 Å². The Morgan fingerprint density at radius 2 is 2.06 bits per heavy atom. The molecule has 0 unspecified atom stereocenters. The molecule has 2 saturated heterocycles. The number of amides is 2. The molecule has 178 valence electrons. The molecular weight excluding hydrogens is 432 g/mol. The fourth-order valence-corrected chi connectivity index (χ4v) is 5.81. The number of hydrogen-bond donors (Lipinski definition) is 1. The first-order valence-corrected chi connectivity index (χ1v) is 12.0. The van der Waals surface area contributed by atoms with E-state index in [0.29, 0.717) is 31.0 Å². The number of nitrogens with zero attached hydrogens (tertiary/aromatic N) is 2. The molecule has 2 aromatic rings. The number of fused-ring (bicyclic) bond motifs is 3. The van der Waals surface area contributed by atoms with Crippen LogP contribution in [0.25, 0.3) is 11.6 Å². The van der Waals surface area contributed by atoms with E-state index in [9.17, 15) is 14.7 Å². The smallest absolute Gasteiger partial charge is 0.233 e. The van der Waals surface area contributed by atoms with Crippen LogP contribution in [-0.4, -0.2) is 46.6 Å². The Bertz CT molecular complexity index is 1150. The molecule has 5 rings (SSSR count). The molecule has 7 heteroatoms. The molecule has 2 aromatic heterocycles. The van der Waals surface area contributed by atoms with Crippen molar-refractivity contribution < 1.29 is 23.8 Å². The zero-order chi connectivity index (χ0) is 23.8. The first-order valence-electron chi connectivity index (χ1n) is 12.0. The Balaban J connectivity index is 1.40. The van der Waals surface area contributed by atoms with Gasteiger partial charge in [0.2, 0.25) is 11.8 Å². The summed E-state index contributed by atoms with van der Waals surface area (Å²) < 4.78 is 12.0. The molecule has 2 fully saturated rings. The summed E-state index contributed by atoms with van der Waals surface area (Å²) in [6, 6.07) is 9.42. The number of ether oxygens (including phenoxy) is 1. The van der Waals surface area contributed by atoms with Gasteiger partial charge < -0.3 is 14.3 Å². The minimum Gasteiger partial charge on any atom is -0.459 e. The van der Waals surface area contributed by atoms with Gasteiger partial charge in [-0.25, -0.2) is 0 Å². The van der Waals surface area contributed by atoms with E-state index in [1.54, 1.807) is 19.3 Å². The monoisotopic (exact) mass is 462 g/mol. The van der Waals surface area contributed by atoms with Crippen LogP contribution >= 0.6 is 0 Å². The van der Waals surface area contributed by atoms with E-state index in [-0.39, 0.29) is 42.3 Å². The van der Waals surface area contributed by atoms with Crippen molar-refractivity contribution in [3.8, 4) is 0 Å². The lowest BCUT2D eigenvalue weighted by molar-refractivity contribution is -0.138. The summed E-state index contributed by atoms with van der Waals surface area (Å²) in [5, 5.41) is 9.33. The third-order valence-corrected chi connectivity index (χ3v) is 7.48. The third kappa shape index (κ3) is 3.93. The second kappa shape index (κ2) is 9.31. The lowest BCUT2D eigenvalue weighted by atomic mass is 9.69. The molecule has 34 heavy (non-hydrogen) atoms. The number of pyridine rings is 1. The van der Waals surface area contributed by atoms with Crippen LogP contribution in [0.1, 0.15) is 49.8 Å². The summed E-state index contributed by atoms with van der Waals surface area (Å²) in [6.45, 7) is 2.46. The molecule has 0 radical (unpaired) electrons. The molecule has 0 aromatic carbocycles. The lowest BCUT2D eigenvalue weighted by Crippen LogP contribution is -2.33. The van der Waals surface area contributed by atoms with E-state index < -0.39 is 0 Å². The van der Waals surface area contributed by atoms with Crippen molar-refractivity contribution in [2.45, 2.75) is 45.3 Å². The van der Waals surface area contributed by atoms with E-state index in [1.807, 2.05) is 30.3 Å². The van der Waals surface area contributed by atoms with Crippen molar-refractivity contribution in [1.82, 2.24) is 9.88 Å². The van der Waals surface area contributed by atoms with Crippen molar-refractivity contribution >= 4 is 23.5 Å². The Morgan fingerprint density at radius 3 is 2.76 bits per heavy atom. The van der Waals surface area contributed by atoms with Crippen molar-refractivity contribution in [1.29, 1.82) is 0 Å². The molecule has 4 heterocycles. The summed E-state index contributed by atoms with van der Waals surface area (Å²) in [5.41, 5.74) is 4.39. The first kappa shape index (κ1) is 22.7. The summed E-state index contributed by atoms with van der Waals surface area (Å²) in [7, 11) is 1.60. The van der Waals surface area contributed by atoms with E-state index in [1.165, 1.54) is 16.0 Å². The van der Waals surface area contributed by atoms with E-state index in [2.05, 4.69) is 11.9 Å². The normalized spacial score (nSPS) is 26.9. The number of rotatable bonds is 7. The number of aliphatic hydroxyl groups is 1. The zero-order valence-electron chi connectivity index (χ0n) is 19.6. The number of furan rings is 1. The highest BCUT2D eigenvalue weighted by Gasteiger charge is 2.55. The van der Waals surface area contributed by atoms with Crippen LogP contribution in [0.15, 0.2) is 52.1 Å². The van der Waals surface area contributed by atoms with E-state index >= 15 is 0 Å². The number of hydrogen-bond acceptors (Lipinski definition) is 6. The zero-order valence-corrected chi connectivity index (χ0v) is 19.6. The Kier molecular flexibility index (Phi) is 6.23. The topological polar surface area (TPSA) is 92.9 Å². The first-order chi connectivity index (χ1) is 16.5. The summed E-state index contributed by atoms with van der Waals surface area (Å²) >= 11 is 0. The van der Waals surface area contributed by atoms with Crippen LogP contribution in [0.2, 0.25) is 0 Å². The van der Waals surface area contributed by atoms with E-state index in [0.717, 1.165) is 24.1 Å². The molecule has 1 aliphatic carbocycles. The molecule has 3 aliphatic rings. The average molecular weight is 463 g/mol. The van der Waals surface area contributed by atoms with Crippen molar-refractivity contribution in [2.75, 3.05) is 13.7 Å². The summed E-state index contributed by atoms with van der Waals surface area (Å²) in [6.07, 6.45) is 6.64. The van der Waals surface area contributed by atoms with Gasteiger partial charge in [-0.1, -0.05) is 18.6 Å². The van der Waals surface area contributed by atoms with Crippen LogP contribution < -0.4 is 0 Å². The maximum absolute atomic E-state index is 12.9. The number of carbonyl (C=O) groups is 2. The molecule has 7 nitrogen and oxygen atoms in total. The second-order valence-electron chi connectivity index (χ2n) is 9.30. The highest BCUT2D eigenvalue weighted by Crippen LogP contribution is 2.50. The van der Waals surface area contributed by atoms with Gasteiger partial charge in [-0.2, -0.15) is 0 Å². The van der Waals surface area contributed by atoms with Gasteiger partial charge >= 0.3 is 0 Å². The largest absolute Gasteiger partial charge is 0.459 e. The standard InChI is InChI=1S/C27H30N2O5/c1-3-16-13-20-25(27(32)29(2)26(20)31)21-15-33-23(24(16)21)10-7-17(22-6-4-5-11-28-22)12-18-8-9-19(14-30)34-18/h4-6,8-9,11-12,20-21,23,25,30H,3,7,10,13-15H2,1-2H3/b17-12-/t20-,21+,23-,25-/m1/s1. The SMILES string of the molecule is CCC1=C2[C@@H](CC/C(=C/c3ccc(CO)o3)c3ccccn3)OC[C@@H]2[C@@H]2C(=O)N(C)C(=O)[C@@H]2C1. The maximum atomic E-state index is 12.9. The van der Waals surface area contributed by atoms with Gasteiger partial charge in [-0.05, 0) is 67.2 Å². The molecule has 2 amide bonds. The quantitative estimate of drug-likeness (QED) is 0.496. The predicted molar refractivity (Wildman–Crippen MR) is 126 cm³/mol. The molecule has 4 atom stereocenters. The van der Waals surface area contributed by atoms with Gasteiger partial charge in [-0.3, -0.25) is 19.5 Å². The summed E-state index contributed by atoms with van der Waals surface area (Å²) in [5.74, 6) is 0.518. The number of carbonyl (C=O) groups excluding carboxylic acids is 2. The molecule has 0 spiro atoms. The fraction of sp³-hybridized carbons (Fsp3) is 0.444. The molecule has 1 N–H and O–H groups in total. The minimum atomic E-state index is -0.293. The number of imide groups is 1. The fourth-order valence-electron chi connectivity index (χ4n) is 5.81. The van der Waals surface area contributed by atoms with Gasteiger partial charge in [0.05, 0.1) is 30.2 Å². The van der Waals surface area contributed by atoms with Crippen molar-refractivity contribution in [3.63, 3.8) is 0 Å². The highest BCUT2D eigenvalue weighted by molar-refractivity contribution is 6.05. The number of likely N-dealkylation sites (tertiary alicyclic amines) is 1. The van der Waals surface area contributed by atoms with Gasteiger partial charge in [0.15, 0.2) is 0 Å². The van der Waals surface area contributed by atoms with Gasteiger partial charge in [-0.15, -0.1) is 0 Å². The number of aliphatic hydroxyl groups excluding tert-OH is 1. The molecule has 0 bridgehead atoms. The predicted octanol–water partition coefficient (Wildman–Crippen LogP) is 3.84. The molecule has 0 saturated carbocycles. The van der Waals surface area contributed by atoms with Crippen LogP contribution in [0.5, 0.6) is 0 Å². The van der Waals surface area contributed by atoms with Crippen LogP contribution in [0, 0.1) is 17.8 Å².